The van der Waals surface area contributed by atoms with Crippen molar-refractivity contribution in [2.24, 2.45) is 0 Å². The van der Waals surface area contributed by atoms with E-state index in [2.05, 4.69) is 10.1 Å². The quantitative estimate of drug-likeness (QED) is 0.184. The molecule has 22 heavy (non-hydrogen) atoms. The molecule has 10 heteroatoms. The molecule has 1 fully saturated rings. The number of halogens is 1. The van der Waals surface area contributed by atoms with Crippen molar-refractivity contribution >= 4 is 34.5 Å². The summed E-state index contributed by atoms with van der Waals surface area (Å²) in [4.78, 5) is 22.9. The van der Waals surface area contributed by atoms with Crippen molar-refractivity contribution in [3.05, 3.63) is 0 Å². The van der Waals surface area contributed by atoms with E-state index < -0.39 is 54.5 Å². The van der Waals surface area contributed by atoms with E-state index in [0.29, 0.717) is 0 Å². The molecule has 1 rings (SSSR count). The van der Waals surface area contributed by atoms with Gasteiger partial charge in [0.2, 0.25) is 5.91 Å². The summed E-state index contributed by atoms with van der Waals surface area (Å²) < 4.78 is 9.74. The highest BCUT2D eigenvalue weighted by Gasteiger charge is 2.54. The number of esters is 1. The van der Waals surface area contributed by atoms with Crippen LogP contribution in [0.1, 0.15) is 13.3 Å². The molecule has 6 atom stereocenters. The molecule has 0 aliphatic carbocycles. The molecule has 1 unspecified atom stereocenters. The van der Waals surface area contributed by atoms with E-state index in [0.717, 1.165) is 7.11 Å². The maximum Gasteiger partial charge on any atom is 0.366 e. The predicted molar refractivity (Wildman–Crippen MR) is 81.0 cm³/mol. The Morgan fingerprint density at radius 1 is 1.50 bits per heavy atom. The second-order valence-corrected chi connectivity index (χ2v) is 5.95. The van der Waals surface area contributed by atoms with Gasteiger partial charge in [-0.25, -0.2) is 4.79 Å². The van der Waals surface area contributed by atoms with E-state index in [1.54, 1.807) is 0 Å². The fourth-order valence-corrected chi connectivity index (χ4v) is 2.79. The zero-order valence-corrected chi connectivity index (χ0v) is 14.3. The van der Waals surface area contributed by atoms with Gasteiger partial charge >= 0.3 is 5.97 Å². The molecule has 9 nitrogen and oxygen atoms in total. The summed E-state index contributed by atoms with van der Waals surface area (Å²) in [7, 11) is 1.03. The summed E-state index contributed by atoms with van der Waals surface area (Å²) in [6.07, 6.45) is -6.12. The third kappa shape index (κ3) is 4.26. The minimum Gasteiger partial charge on any atom is -0.465 e. The summed E-state index contributed by atoms with van der Waals surface area (Å²) in [5, 5.41) is 42.5. The second kappa shape index (κ2) is 7.84. The van der Waals surface area contributed by atoms with Gasteiger partial charge in [-0.2, -0.15) is 0 Å². The highest BCUT2D eigenvalue weighted by molar-refractivity contribution is 14.1. The van der Waals surface area contributed by atoms with E-state index >= 15 is 0 Å². The lowest BCUT2D eigenvalue weighted by atomic mass is 9.89. The number of carbonyl (C=O) groups excluding carboxylic acids is 2. The van der Waals surface area contributed by atoms with Crippen molar-refractivity contribution in [1.82, 2.24) is 5.32 Å². The Labute approximate surface area is 140 Å². The Kier molecular flexibility index (Phi) is 6.95. The Morgan fingerprint density at radius 3 is 2.55 bits per heavy atom. The molecule has 0 saturated carbocycles. The van der Waals surface area contributed by atoms with Crippen LogP contribution in [0.15, 0.2) is 0 Å². The number of methoxy groups -OCH3 is 1. The number of carbonyl (C=O) groups is 2. The molecule has 1 aliphatic rings. The zero-order valence-electron chi connectivity index (χ0n) is 12.1. The lowest BCUT2D eigenvalue weighted by molar-refractivity contribution is -0.294. The third-order valence-corrected chi connectivity index (χ3v) is 4.25. The minimum absolute atomic E-state index is 0.137. The monoisotopic (exact) mass is 433 g/mol. The van der Waals surface area contributed by atoms with Gasteiger partial charge in [-0.3, -0.25) is 4.79 Å². The fourth-order valence-electron chi connectivity index (χ4n) is 2.27. The molecule has 0 aromatic carbocycles. The Hall–Kier alpha value is -0.530. The molecular formula is C12H20INO8. The number of hydrogen-bond acceptors (Lipinski definition) is 8. The van der Waals surface area contributed by atoms with Crippen molar-refractivity contribution in [3.8, 4) is 0 Å². The van der Waals surface area contributed by atoms with Crippen LogP contribution in [0.4, 0.5) is 0 Å². The SMILES string of the molecule is COC(=O)[C@]1(O)C[C@H](O)[C@@H](NC(C)=O)C([C@H](O)[C@H](O)CI)O1. The van der Waals surface area contributed by atoms with Crippen LogP contribution in [-0.2, 0) is 19.1 Å². The topological polar surface area (TPSA) is 146 Å². The van der Waals surface area contributed by atoms with E-state index in [4.69, 9.17) is 4.74 Å². The van der Waals surface area contributed by atoms with E-state index in [1.807, 2.05) is 22.6 Å². The first kappa shape index (κ1) is 19.5. The largest absolute Gasteiger partial charge is 0.465 e. The number of aliphatic hydroxyl groups is 4. The highest BCUT2D eigenvalue weighted by atomic mass is 127. The Balaban J connectivity index is 3.09. The molecule has 0 aromatic rings. The van der Waals surface area contributed by atoms with Crippen molar-refractivity contribution in [2.75, 3.05) is 11.5 Å². The molecule has 128 valence electrons. The van der Waals surface area contributed by atoms with Crippen LogP contribution < -0.4 is 5.32 Å². The summed E-state index contributed by atoms with van der Waals surface area (Å²) in [6.45, 7) is 1.20. The van der Waals surface area contributed by atoms with Crippen molar-refractivity contribution in [1.29, 1.82) is 0 Å². The van der Waals surface area contributed by atoms with Crippen molar-refractivity contribution in [2.45, 2.75) is 49.6 Å². The van der Waals surface area contributed by atoms with Crippen molar-refractivity contribution in [3.63, 3.8) is 0 Å². The first-order valence-electron chi connectivity index (χ1n) is 6.52. The number of amides is 1. The molecule has 1 saturated heterocycles. The molecule has 0 aromatic heterocycles. The number of rotatable bonds is 5. The minimum atomic E-state index is -2.47. The van der Waals surface area contributed by atoms with Gasteiger partial charge in [-0.05, 0) is 0 Å². The maximum absolute atomic E-state index is 11.6. The van der Waals surface area contributed by atoms with E-state index in [9.17, 15) is 30.0 Å². The van der Waals surface area contributed by atoms with Crippen LogP contribution in [0.3, 0.4) is 0 Å². The van der Waals surface area contributed by atoms with Gasteiger partial charge in [0.25, 0.3) is 5.79 Å². The van der Waals surface area contributed by atoms with Crippen LogP contribution in [0.2, 0.25) is 0 Å². The number of ether oxygens (including phenoxy) is 2. The predicted octanol–water partition coefficient (Wildman–Crippen LogP) is -2.34. The summed E-state index contributed by atoms with van der Waals surface area (Å²) in [6, 6.07) is -1.10. The van der Waals surface area contributed by atoms with E-state index in [-0.39, 0.29) is 4.43 Å². The van der Waals surface area contributed by atoms with Crippen LogP contribution in [-0.4, -0.2) is 80.1 Å². The van der Waals surface area contributed by atoms with Gasteiger partial charge in [0, 0.05) is 17.8 Å². The first-order valence-corrected chi connectivity index (χ1v) is 8.04. The first-order chi connectivity index (χ1) is 10.2. The Bertz CT molecular complexity index is 422. The van der Waals surface area contributed by atoms with Crippen LogP contribution in [0.25, 0.3) is 0 Å². The Morgan fingerprint density at radius 2 is 2.09 bits per heavy atom. The zero-order chi connectivity index (χ0) is 17.1. The smallest absolute Gasteiger partial charge is 0.366 e. The van der Waals surface area contributed by atoms with E-state index in [1.165, 1.54) is 6.92 Å². The maximum atomic E-state index is 11.6. The van der Waals surface area contributed by atoms with Crippen molar-refractivity contribution < 1.29 is 39.5 Å². The molecular weight excluding hydrogens is 413 g/mol. The molecule has 1 heterocycles. The second-order valence-electron chi connectivity index (χ2n) is 5.07. The number of hydrogen-bond donors (Lipinski definition) is 5. The highest BCUT2D eigenvalue weighted by Crippen LogP contribution is 2.31. The van der Waals surface area contributed by atoms with Crippen LogP contribution in [0.5, 0.6) is 0 Å². The van der Waals surface area contributed by atoms with Gasteiger partial charge < -0.3 is 35.2 Å². The fraction of sp³-hybridized carbons (Fsp3) is 0.833. The molecule has 0 spiro atoms. The molecule has 1 aliphatic heterocycles. The molecule has 1 amide bonds. The van der Waals surface area contributed by atoms with Gasteiger partial charge in [0.05, 0.1) is 25.4 Å². The van der Waals surface area contributed by atoms with Gasteiger partial charge in [-0.15, -0.1) is 0 Å². The number of alkyl halides is 1. The van der Waals surface area contributed by atoms with Crippen LogP contribution >= 0.6 is 22.6 Å². The lowest BCUT2D eigenvalue weighted by Gasteiger charge is -2.45. The molecule has 0 bridgehead atoms. The standard InChI is InChI=1S/C12H20INO8/c1-5(15)14-8-6(16)3-12(20,11(19)21-2)22-10(8)9(18)7(17)4-13/h6-10,16-18,20H,3-4H2,1-2H3,(H,14,15)/t6-,7+,8+,9+,10?,12-/m0/s1. The summed E-state index contributed by atoms with van der Waals surface area (Å²) >= 11 is 1.82. The van der Waals surface area contributed by atoms with Crippen LogP contribution in [0, 0.1) is 0 Å². The van der Waals surface area contributed by atoms with Gasteiger partial charge in [0.15, 0.2) is 0 Å². The lowest BCUT2D eigenvalue weighted by Crippen LogP contribution is -2.67. The molecule has 0 radical (unpaired) electrons. The van der Waals surface area contributed by atoms with Gasteiger partial charge in [-0.1, -0.05) is 22.6 Å². The normalized spacial score (nSPS) is 34.6. The summed E-state index contributed by atoms with van der Waals surface area (Å²) in [5.41, 5.74) is 0. The average molecular weight is 433 g/mol. The number of aliphatic hydroxyl groups excluding tert-OH is 3. The average Bonchev–Trinajstić information content (AvgIpc) is 2.46. The van der Waals surface area contributed by atoms with Gasteiger partial charge in [0.1, 0.15) is 12.2 Å². The summed E-state index contributed by atoms with van der Waals surface area (Å²) in [5.74, 6) is -4.12. The number of nitrogens with one attached hydrogen (secondary N) is 1. The molecule has 5 N–H and O–H groups in total. The third-order valence-electron chi connectivity index (χ3n) is 3.35.